The standard InChI is InChI=1S/C25H20FN3O5/c1-2-11-33-16-8-5-14(6-9-16)22(30)20-21(19-4-3-12-34-19)29(24(32)23(20)31)25-27-17-10-7-15(26)13-18(17)28-25/h3-10,12-13,21,30H,2,11H2,1H3,(H,27,28)/b22-20+. The van der Waals surface area contributed by atoms with Crippen LogP contribution in [-0.2, 0) is 9.59 Å². The van der Waals surface area contributed by atoms with Gasteiger partial charge >= 0.3 is 5.91 Å². The fourth-order valence-electron chi connectivity index (χ4n) is 3.93. The lowest BCUT2D eigenvalue weighted by Gasteiger charge is -2.20. The van der Waals surface area contributed by atoms with Crippen molar-refractivity contribution < 1.29 is 28.2 Å². The number of carbonyl (C=O) groups excluding carboxylic acids is 2. The zero-order valence-corrected chi connectivity index (χ0v) is 18.1. The Hall–Kier alpha value is -4.40. The summed E-state index contributed by atoms with van der Waals surface area (Å²) in [6.45, 7) is 2.54. The average Bonchev–Trinajstić information content (AvgIpc) is 3.56. The summed E-state index contributed by atoms with van der Waals surface area (Å²) in [5.41, 5.74) is 0.968. The van der Waals surface area contributed by atoms with Gasteiger partial charge in [-0.25, -0.2) is 9.37 Å². The van der Waals surface area contributed by atoms with Gasteiger partial charge in [-0.2, -0.15) is 0 Å². The van der Waals surface area contributed by atoms with E-state index >= 15 is 0 Å². The van der Waals surface area contributed by atoms with Gasteiger partial charge in [-0.05, 0) is 61.0 Å². The molecule has 2 aromatic heterocycles. The van der Waals surface area contributed by atoms with E-state index in [2.05, 4.69) is 9.97 Å². The average molecular weight is 461 g/mol. The van der Waals surface area contributed by atoms with Crippen LogP contribution < -0.4 is 9.64 Å². The van der Waals surface area contributed by atoms with E-state index in [0.717, 1.165) is 11.3 Å². The minimum atomic E-state index is -1.07. The number of nitrogens with zero attached hydrogens (tertiary/aromatic N) is 2. The van der Waals surface area contributed by atoms with Crippen molar-refractivity contribution in [2.75, 3.05) is 11.5 Å². The molecule has 1 saturated heterocycles. The van der Waals surface area contributed by atoms with Gasteiger partial charge in [0.25, 0.3) is 5.78 Å². The maximum Gasteiger partial charge on any atom is 0.302 e. The smallest absolute Gasteiger partial charge is 0.302 e. The van der Waals surface area contributed by atoms with Crippen molar-refractivity contribution in [3.63, 3.8) is 0 Å². The first-order valence-electron chi connectivity index (χ1n) is 10.7. The number of aromatic amines is 1. The second-order valence-corrected chi connectivity index (χ2v) is 7.78. The number of ether oxygens (including phenoxy) is 1. The molecule has 2 N–H and O–H groups in total. The molecule has 0 bridgehead atoms. The van der Waals surface area contributed by atoms with E-state index in [1.807, 2.05) is 6.92 Å². The van der Waals surface area contributed by atoms with Crippen LogP contribution in [0.4, 0.5) is 10.3 Å². The number of ketones is 1. The molecule has 5 rings (SSSR count). The van der Waals surface area contributed by atoms with Crippen LogP contribution in [0.1, 0.15) is 30.7 Å². The Balaban J connectivity index is 1.62. The lowest BCUT2D eigenvalue weighted by Crippen LogP contribution is -2.30. The fourth-order valence-corrected chi connectivity index (χ4v) is 3.93. The van der Waals surface area contributed by atoms with Crippen molar-refractivity contribution in [2.24, 2.45) is 0 Å². The molecule has 3 heterocycles. The molecule has 1 aliphatic heterocycles. The first-order valence-corrected chi connectivity index (χ1v) is 10.7. The van der Waals surface area contributed by atoms with E-state index in [-0.39, 0.29) is 23.0 Å². The van der Waals surface area contributed by atoms with Crippen molar-refractivity contribution in [1.82, 2.24) is 9.97 Å². The first-order chi connectivity index (χ1) is 16.5. The van der Waals surface area contributed by atoms with Gasteiger partial charge in [-0.3, -0.25) is 14.5 Å². The van der Waals surface area contributed by atoms with Crippen molar-refractivity contribution in [1.29, 1.82) is 0 Å². The second-order valence-electron chi connectivity index (χ2n) is 7.78. The van der Waals surface area contributed by atoms with E-state index in [1.54, 1.807) is 36.4 Å². The molecule has 8 nitrogen and oxygen atoms in total. The van der Waals surface area contributed by atoms with Gasteiger partial charge in [-0.1, -0.05) is 6.92 Å². The monoisotopic (exact) mass is 461 g/mol. The van der Waals surface area contributed by atoms with Crippen LogP contribution in [0.2, 0.25) is 0 Å². The lowest BCUT2D eigenvalue weighted by molar-refractivity contribution is -0.132. The largest absolute Gasteiger partial charge is 0.507 e. The molecule has 4 aromatic rings. The summed E-state index contributed by atoms with van der Waals surface area (Å²) in [7, 11) is 0. The number of aromatic nitrogens is 2. The fraction of sp³-hybridized carbons (Fsp3) is 0.160. The SMILES string of the molecule is CCCOc1ccc(/C(O)=C2\C(=O)C(=O)N(c3nc4ccc(F)cc4[nH]3)C2c2ccco2)cc1. The highest BCUT2D eigenvalue weighted by Gasteiger charge is 2.49. The van der Waals surface area contributed by atoms with Gasteiger partial charge in [0.2, 0.25) is 5.95 Å². The number of hydrogen-bond donors (Lipinski definition) is 2. The van der Waals surface area contributed by atoms with E-state index in [0.29, 0.717) is 29.0 Å². The predicted molar refractivity (Wildman–Crippen MR) is 122 cm³/mol. The summed E-state index contributed by atoms with van der Waals surface area (Å²) in [5.74, 6) is -1.70. The van der Waals surface area contributed by atoms with Gasteiger partial charge in [0, 0.05) is 5.56 Å². The number of fused-ring (bicyclic) bond motifs is 1. The maximum absolute atomic E-state index is 13.7. The third kappa shape index (κ3) is 3.61. The van der Waals surface area contributed by atoms with Crippen LogP contribution in [0.3, 0.4) is 0 Å². The summed E-state index contributed by atoms with van der Waals surface area (Å²) in [6.07, 6.45) is 2.26. The highest BCUT2D eigenvalue weighted by atomic mass is 19.1. The number of anilines is 1. The van der Waals surface area contributed by atoms with Crippen LogP contribution >= 0.6 is 0 Å². The highest BCUT2D eigenvalue weighted by Crippen LogP contribution is 2.42. The number of imidazole rings is 1. The number of furan rings is 1. The molecule has 34 heavy (non-hydrogen) atoms. The number of H-pyrrole nitrogens is 1. The summed E-state index contributed by atoms with van der Waals surface area (Å²) in [5, 5.41) is 11.1. The lowest BCUT2D eigenvalue weighted by atomic mass is 9.99. The Morgan fingerprint density at radius 2 is 2.00 bits per heavy atom. The molecule has 1 unspecified atom stereocenters. The molecule has 0 saturated carbocycles. The van der Waals surface area contributed by atoms with Crippen LogP contribution in [0.15, 0.2) is 70.9 Å². The Bertz CT molecular complexity index is 1410. The van der Waals surface area contributed by atoms with Crippen LogP contribution in [0.25, 0.3) is 16.8 Å². The number of rotatable bonds is 6. The van der Waals surface area contributed by atoms with Crippen LogP contribution in [0, 0.1) is 5.82 Å². The van der Waals surface area contributed by atoms with Crippen molar-refractivity contribution >= 4 is 34.4 Å². The molecular formula is C25H20FN3O5. The van der Waals surface area contributed by atoms with Gasteiger partial charge < -0.3 is 19.2 Å². The molecule has 2 aromatic carbocycles. The Morgan fingerprint density at radius 1 is 1.21 bits per heavy atom. The summed E-state index contributed by atoms with van der Waals surface area (Å²) in [6, 6.07) is 12.7. The number of benzene rings is 2. The molecule has 9 heteroatoms. The summed E-state index contributed by atoms with van der Waals surface area (Å²) in [4.78, 5) is 34.6. The second kappa shape index (κ2) is 8.51. The Kier molecular flexibility index (Phi) is 5.37. The molecule has 1 aliphatic rings. The molecule has 0 radical (unpaired) electrons. The predicted octanol–water partition coefficient (Wildman–Crippen LogP) is 4.71. The molecule has 1 amide bonds. The molecule has 0 spiro atoms. The van der Waals surface area contributed by atoms with Gasteiger partial charge in [0.15, 0.2) is 0 Å². The van der Waals surface area contributed by atoms with Gasteiger partial charge in [0.05, 0.1) is 29.5 Å². The minimum absolute atomic E-state index is 0.0338. The zero-order valence-electron chi connectivity index (χ0n) is 18.1. The van der Waals surface area contributed by atoms with Gasteiger partial charge in [0.1, 0.15) is 29.1 Å². The number of hydrogen-bond acceptors (Lipinski definition) is 6. The number of Topliss-reactive ketones (excluding diaryl/α,β-unsaturated/α-hetero) is 1. The zero-order chi connectivity index (χ0) is 23.8. The van der Waals surface area contributed by atoms with Crippen molar-refractivity contribution in [3.8, 4) is 5.75 Å². The third-order valence-electron chi connectivity index (χ3n) is 5.52. The Labute approximate surface area is 193 Å². The van der Waals surface area contributed by atoms with E-state index in [9.17, 15) is 19.1 Å². The van der Waals surface area contributed by atoms with E-state index in [4.69, 9.17) is 9.15 Å². The molecule has 1 atom stereocenters. The highest BCUT2D eigenvalue weighted by molar-refractivity contribution is 6.51. The number of amides is 1. The topological polar surface area (TPSA) is 109 Å². The summed E-state index contributed by atoms with van der Waals surface area (Å²) >= 11 is 0. The third-order valence-corrected chi connectivity index (χ3v) is 5.52. The molecule has 0 aliphatic carbocycles. The van der Waals surface area contributed by atoms with E-state index in [1.165, 1.54) is 24.5 Å². The molecule has 172 valence electrons. The summed E-state index contributed by atoms with van der Waals surface area (Å²) < 4.78 is 24.8. The quantitative estimate of drug-likeness (QED) is 0.245. The number of aliphatic hydroxyl groups is 1. The number of carbonyl (C=O) groups is 2. The van der Waals surface area contributed by atoms with Gasteiger partial charge in [-0.15, -0.1) is 0 Å². The van der Waals surface area contributed by atoms with Crippen LogP contribution in [-0.4, -0.2) is 33.4 Å². The number of halogens is 1. The van der Waals surface area contributed by atoms with E-state index < -0.39 is 23.5 Å². The van der Waals surface area contributed by atoms with Crippen molar-refractivity contribution in [3.05, 3.63) is 83.6 Å². The van der Waals surface area contributed by atoms with Crippen LogP contribution in [0.5, 0.6) is 5.75 Å². The van der Waals surface area contributed by atoms with Crippen molar-refractivity contribution in [2.45, 2.75) is 19.4 Å². The maximum atomic E-state index is 13.7. The minimum Gasteiger partial charge on any atom is -0.507 e. The number of aliphatic hydroxyl groups excluding tert-OH is 1. The first kappa shape index (κ1) is 21.4. The number of nitrogens with one attached hydrogen (secondary N) is 1. The molecular weight excluding hydrogens is 441 g/mol. The normalized spacial score (nSPS) is 17.6. The molecule has 1 fully saturated rings. The Morgan fingerprint density at radius 3 is 2.71 bits per heavy atom.